The molecule has 2 atom stereocenters. The van der Waals surface area contributed by atoms with E-state index >= 15 is 0 Å². The lowest BCUT2D eigenvalue weighted by atomic mass is 9.91. The molecule has 0 rings (SSSR count). The highest BCUT2D eigenvalue weighted by molar-refractivity contribution is 7.90. The van der Waals surface area contributed by atoms with Crippen molar-refractivity contribution < 1.29 is 13.5 Å². The lowest BCUT2D eigenvalue weighted by molar-refractivity contribution is 0.0897. The molecule has 2 unspecified atom stereocenters. The average molecular weight is 250 g/mol. The molecule has 0 spiro atoms. The molecule has 0 aliphatic rings. The van der Waals surface area contributed by atoms with Gasteiger partial charge in [-0.3, -0.25) is 0 Å². The standard InChI is InChI=1S/C12H26O3S/c1-4-6-8-11(5-2)12(13)9-7-10-16(3,14)15/h11-13H,4-10H2,1-3H3. The van der Waals surface area contributed by atoms with Crippen molar-refractivity contribution in [1.82, 2.24) is 0 Å². The highest BCUT2D eigenvalue weighted by Crippen LogP contribution is 2.20. The number of hydrogen-bond donors (Lipinski definition) is 1. The molecule has 1 N–H and O–H groups in total. The van der Waals surface area contributed by atoms with Crippen LogP contribution in [0.3, 0.4) is 0 Å². The SMILES string of the molecule is CCCCC(CC)C(O)CCCS(C)(=O)=O. The Morgan fingerprint density at radius 1 is 1.12 bits per heavy atom. The van der Waals surface area contributed by atoms with E-state index in [0.717, 1.165) is 25.7 Å². The molecule has 0 aromatic rings. The van der Waals surface area contributed by atoms with Crippen LogP contribution in [-0.4, -0.2) is 31.6 Å². The summed E-state index contributed by atoms with van der Waals surface area (Å²) in [6.07, 6.45) is 6.39. The van der Waals surface area contributed by atoms with Crippen molar-refractivity contribution in [3.63, 3.8) is 0 Å². The maximum Gasteiger partial charge on any atom is 0.147 e. The van der Waals surface area contributed by atoms with Crippen LogP contribution in [0.4, 0.5) is 0 Å². The summed E-state index contributed by atoms with van der Waals surface area (Å²) < 4.78 is 21.9. The Labute approximate surface area is 100 Å². The van der Waals surface area contributed by atoms with Gasteiger partial charge in [0.1, 0.15) is 9.84 Å². The first kappa shape index (κ1) is 15.9. The second kappa shape index (κ2) is 8.07. The van der Waals surface area contributed by atoms with Gasteiger partial charge in [0.05, 0.1) is 6.10 Å². The van der Waals surface area contributed by atoms with Crippen LogP contribution >= 0.6 is 0 Å². The van der Waals surface area contributed by atoms with Crippen LogP contribution in [0.2, 0.25) is 0 Å². The molecule has 0 aromatic carbocycles. The molecular formula is C12H26O3S. The Hall–Kier alpha value is -0.0900. The second-order valence-corrected chi connectivity index (χ2v) is 6.91. The third kappa shape index (κ3) is 8.11. The van der Waals surface area contributed by atoms with Crippen LogP contribution in [0.5, 0.6) is 0 Å². The fraction of sp³-hybridized carbons (Fsp3) is 1.00. The van der Waals surface area contributed by atoms with Gasteiger partial charge >= 0.3 is 0 Å². The number of rotatable bonds is 9. The Bertz CT molecular complexity index is 259. The van der Waals surface area contributed by atoms with Crippen molar-refractivity contribution in [3.05, 3.63) is 0 Å². The molecule has 0 bridgehead atoms. The molecule has 0 radical (unpaired) electrons. The maximum atomic E-state index is 10.9. The molecule has 0 aromatic heterocycles. The van der Waals surface area contributed by atoms with Crippen molar-refractivity contribution >= 4 is 9.84 Å². The zero-order valence-electron chi connectivity index (χ0n) is 10.8. The molecular weight excluding hydrogens is 224 g/mol. The Morgan fingerprint density at radius 2 is 1.75 bits per heavy atom. The third-order valence-corrected chi connectivity index (χ3v) is 4.04. The van der Waals surface area contributed by atoms with Crippen molar-refractivity contribution in [1.29, 1.82) is 0 Å². The predicted octanol–water partition coefficient (Wildman–Crippen LogP) is 2.39. The lowest BCUT2D eigenvalue weighted by Gasteiger charge is -2.21. The molecule has 16 heavy (non-hydrogen) atoms. The summed E-state index contributed by atoms with van der Waals surface area (Å²) in [6.45, 7) is 4.23. The molecule has 0 aliphatic heterocycles. The smallest absolute Gasteiger partial charge is 0.147 e. The summed E-state index contributed by atoms with van der Waals surface area (Å²) >= 11 is 0. The number of sulfone groups is 1. The number of unbranched alkanes of at least 4 members (excludes halogenated alkanes) is 1. The lowest BCUT2D eigenvalue weighted by Crippen LogP contribution is -2.21. The summed E-state index contributed by atoms with van der Waals surface area (Å²) in [5, 5.41) is 9.94. The van der Waals surface area contributed by atoms with Crippen LogP contribution < -0.4 is 0 Å². The fourth-order valence-electron chi connectivity index (χ4n) is 1.93. The van der Waals surface area contributed by atoms with E-state index in [1.165, 1.54) is 6.26 Å². The van der Waals surface area contributed by atoms with E-state index in [1.807, 2.05) is 0 Å². The minimum Gasteiger partial charge on any atom is -0.393 e. The van der Waals surface area contributed by atoms with E-state index in [9.17, 15) is 13.5 Å². The van der Waals surface area contributed by atoms with Gasteiger partial charge < -0.3 is 5.11 Å². The minimum absolute atomic E-state index is 0.189. The van der Waals surface area contributed by atoms with E-state index in [4.69, 9.17) is 0 Å². The van der Waals surface area contributed by atoms with Gasteiger partial charge in [-0.2, -0.15) is 0 Å². The van der Waals surface area contributed by atoms with Crippen LogP contribution in [0.1, 0.15) is 52.4 Å². The van der Waals surface area contributed by atoms with Crippen LogP contribution in [0.25, 0.3) is 0 Å². The summed E-state index contributed by atoms with van der Waals surface area (Å²) in [5.74, 6) is 0.522. The van der Waals surface area contributed by atoms with Crippen molar-refractivity contribution in [3.8, 4) is 0 Å². The second-order valence-electron chi connectivity index (χ2n) is 4.65. The Morgan fingerprint density at radius 3 is 2.19 bits per heavy atom. The Balaban J connectivity index is 3.87. The summed E-state index contributed by atoms with van der Waals surface area (Å²) in [5.41, 5.74) is 0. The van der Waals surface area contributed by atoms with Gasteiger partial charge in [0.15, 0.2) is 0 Å². The zero-order chi connectivity index (χ0) is 12.6. The van der Waals surface area contributed by atoms with Gasteiger partial charge in [-0.1, -0.05) is 33.1 Å². The molecule has 0 aliphatic carbocycles. The van der Waals surface area contributed by atoms with Crippen molar-refractivity contribution in [2.24, 2.45) is 5.92 Å². The van der Waals surface area contributed by atoms with Gasteiger partial charge in [0.2, 0.25) is 0 Å². The van der Waals surface area contributed by atoms with Gasteiger partial charge in [0.25, 0.3) is 0 Å². The van der Waals surface area contributed by atoms with E-state index in [2.05, 4.69) is 13.8 Å². The van der Waals surface area contributed by atoms with Crippen LogP contribution in [0, 0.1) is 5.92 Å². The largest absolute Gasteiger partial charge is 0.393 e. The molecule has 3 nitrogen and oxygen atoms in total. The topological polar surface area (TPSA) is 54.4 Å². The third-order valence-electron chi connectivity index (χ3n) is 3.01. The van der Waals surface area contributed by atoms with Gasteiger partial charge in [-0.25, -0.2) is 8.42 Å². The number of hydrogen-bond acceptors (Lipinski definition) is 3. The van der Waals surface area contributed by atoms with E-state index in [1.54, 1.807) is 0 Å². The summed E-state index contributed by atoms with van der Waals surface area (Å²) in [4.78, 5) is 0. The van der Waals surface area contributed by atoms with E-state index in [0.29, 0.717) is 18.8 Å². The molecule has 0 amide bonds. The highest BCUT2D eigenvalue weighted by atomic mass is 32.2. The predicted molar refractivity (Wildman–Crippen MR) is 68.3 cm³/mol. The summed E-state index contributed by atoms with van der Waals surface area (Å²) in [7, 11) is -2.88. The highest BCUT2D eigenvalue weighted by Gasteiger charge is 2.17. The normalized spacial score (nSPS) is 16.0. The molecule has 0 heterocycles. The van der Waals surface area contributed by atoms with Gasteiger partial charge in [0, 0.05) is 12.0 Å². The first-order chi connectivity index (χ1) is 7.40. The first-order valence-electron chi connectivity index (χ1n) is 6.26. The van der Waals surface area contributed by atoms with Crippen LogP contribution in [-0.2, 0) is 9.84 Å². The quantitative estimate of drug-likeness (QED) is 0.683. The molecule has 0 fully saturated rings. The van der Waals surface area contributed by atoms with Gasteiger partial charge in [-0.05, 0) is 25.2 Å². The number of aliphatic hydroxyl groups excluding tert-OH is 1. The van der Waals surface area contributed by atoms with E-state index in [-0.39, 0.29) is 11.9 Å². The van der Waals surface area contributed by atoms with Crippen molar-refractivity contribution in [2.45, 2.75) is 58.5 Å². The van der Waals surface area contributed by atoms with Crippen LogP contribution in [0.15, 0.2) is 0 Å². The van der Waals surface area contributed by atoms with Gasteiger partial charge in [-0.15, -0.1) is 0 Å². The Kier molecular flexibility index (Phi) is 8.02. The van der Waals surface area contributed by atoms with Crippen molar-refractivity contribution in [2.75, 3.05) is 12.0 Å². The first-order valence-corrected chi connectivity index (χ1v) is 8.32. The molecule has 0 saturated heterocycles. The summed E-state index contributed by atoms with van der Waals surface area (Å²) in [6, 6.07) is 0. The zero-order valence-corrected chi connectivity index (χ0v) is 11.6. The minimum atomic E-state index is -2.88. The molecule has 98 valence electrons. The average Bonchev–Trinajstić information content (AvgIpc) is 2.17. The fourth-order valence-corrected chi connectivity index (χ4v) is 2.62. The molecule has 0 saturated carbocycles. The monoisotopic (exact) mass is 250 g/mol. The van der Waals surface area contributed by atoms with E-state index < -0.39 is 9.84 Å². The molecule has 4 heteroatoms. The number of aliphatic hydroxyl groups is 1. The maximum absolute atomic E-state index is 10.9.